The number of nitrogens with one attached hydrogen (secondary N) is 1. The number of para-hydroxylation sites is 2. The topological polar surface area (TPSA) is 56.2 Å². The highest BCUT2D eigenvalue weighted by atomic mass is 16.5. The van der Waals surface area contributed by atoms with Crippen LogP contribution in [0.15, 0.2) is 72.8 Å². The predicted octanol–water partition coefficient (Wildman–Crippen LogP) is 6.47. The lowest BCUT2D eigenvalue weighted by Gasteiger charge is -2.19. The third-order valence-corrected chi connectivity index (χ3v) is 6.50. The van der Waals surface area contributed by atoms with Gasteiger partial charge < -0.3 is 14.6 Å². The molecule has 0 unspecified atom stereocenters. The molecule has 0 saturated heterocycles. The van der Waals surface area contributed by atoms with Gasteiger partial charge in [-0.25, -0.2) is 4.98 Å². The fraction of sp³-hybridized carbons (Fsp3) is 0.355. The van der Waals surface area contributed by atoms with Gasteiger partial charge in [-0.15, -0.1) is 0 Å². The van der Waals surface area contributed by atoms with Crippen LogP contribution in [0.25, 0.3) is 11.0 Å². The van der Waals surface area contributed by atoms with Crippen molar-refractivity contribution in [1.29, 1.82) is 0 Å². The molecule has 1 heterocycles. The van der Waals surface area contributed by atoms with Crippen LogP contribution in [-0.2, 0) is 18.4 Å². The molecule has 0 saturated carbocycles. The number of carbonyl (C=O) groups excluding carboxylic acids is 1. The van der Waals surface area contributed by atoms with Crippen molar-refractivity contribution in [2.24, 2.45) is 0 Å². The van der Waals surface area contributed by atoms with Crippen LogP contribution in [0, 0.1) is 6.92 Å². The number of rotatable bonds is 10. The summed E-state index contributed by atoms with van der Waals surface area (Å²) in [6.45, 7) is 10.7. The monoisotopic (exact) mass is 483 g/mol. The number of imidazole rings is 1. The zero-order chi connectivity index (χ0) is 25.5. The molecule has 1 aromatic heterocycles. The van der Waals surface area contributed by atoms with E-state index >= 15 is 0 Å². The Kier molecular flexibility index (Phi) is 8.09. The molecular weight excluding hydrogens is 446 g/mol. The third kappa shape index (κ3) is 6.34. The normalized spacial score (nSPS) is 11.6. The zero-order valence-corrected chi connectivity index (χ0v) is 21.9. The van der Waals surface area contributed by atoms with Gasteiger partial charge in [-0.05, 0) is 66.6 Å². The summed E-state index contributed by atoms with van der Waals surface area (Å²) in [6, 6.07) is 24.3. The van der Waals surface area contributed by atoms with Gasteiger partial charge in [0, 0.05) is 25.1 Å². The van der Waals surface area contributed by atoms with E-state index in [0.717, 1.165) is 59.5 Å². The van der Waals surface area contributed by atoms with E-state index in [2.05, 4.69) is 73.1 Å². The lowest BCUT2D eigenvalue weighted by Crippen LogP contribution is -2.25. The first-order valence-corrected chi connectivity index (χ1v) is 12.8. The number of hydrogen-bond acceptors (Lipinski definition) is 3. The Balaban J connectivity index is 1.32. The molecule has 0 aliphatic rings. The molecule has 3 aromatic carbocycles. The Morgan fingerprint density at radius 3 is 2.42 bits per heavy atom. The minimum atomic E-state index is -0.0192. The molecule has 0 spiro atoms. The standard InChI is InChI=1S/C31H37N3O2/c1-23-11-5-6-12-26(23)30(35)32-20-9-15-29-33-27-13-7-8-14-28(27)34(29)21-10-22-36-25-18-16-24(17-19-25)31(2,3)4/h5-8,11-14,16-19H,9-10,15,20-22H2,1-4H3,(H,32,35). The van der Waals surface area contributed by atoms with Crippen LogP contribution in [0.2, 0.25) is 0 Å². The first-order valence-electron chi connectivity index (χ1n) is 12.8. The Hall–Kier alpha value is -3.60. The molecular formula is C31H37N3O2. The summed E-state index contributed by atoms with van der Waals surface area (Å²) in [7, 11) is 0. The van der Waals surface area contributed by atoms with E-state index in [-0.39, 0.29) is 11.3 Å². The Labute approximate surface area is 214 Å². The van der Waals surface area contributed by atoms with Gasteiger partial charge in [0.1, 0.15) is 11.6 Å². The first-order chi connectivity index (χ1) is 17.3. The molecule has 0 aliphatic carbocycles. The maximum absolute atomic E-state index is 12.5. The van der Waals surface area contributed by atoms with Crippen molar-refractivity contribution in [3.63, 3.8) is 0 Å². The average molecular weight is 484 g/mol. The van der Waals surface area contributed by atoms with Gasteiger partial charge in [-0.2, -0.15) is 0 Å². The maximum atomic E-state index is 12.5. The summed E-state index contributed by atoms with van der Waals surface area (Å²) in [6.07, 6.45) is 2.52. The molecule has 5 nitrogen and oxygen atoms in total. The number of nitrogens with zero attached hydrogens (tertiary/aromatic N) is 2. The minimum Gasteiger partial charge on any atom is -0.494 e. The molecule has 0 atom stereocenters. The summed E-state index contributed by atoms with van der Waals surface area (Å²) in [5.74, 6) is 1.94. The quantitative estimate of drug-likeness (QED) is 0.263. The number of aromatic nitrogens is 2. The molecule has 36 heavy (non-hydrogen) atoms. The Morgan fingerprint density at radius 1 is 0.944 bits per heavy atom. The number of aryl methyl sites for hydroxylation is 3. The van der Waals surface area contributed by atoms with Crippen LogP contribution >= 0.6 is 0 Å². The van der Waals surface area contributed by atoms with E-state index in [1.54, 1.807) is 0 Å². The predicted molar refractivity (Wildman–Crippen MR) is 147 cm³/mol. The molecule has 0 bridgehead atoms. The first kappa shape index (κ1) is 25.5. The number of ether oxygens (including phenoxy) is 1. The second-order valence-corrected chi connectivity index (χ2v) is 10.3. The van der Waals surface area contributed by atoms with Gasteiger partial charge in [-0.1, -0.05) is 63.2 Å². The Bertz CT molecular complexity index is 1300. The Morgan fingerprint density at radius 2 is 1.67 bits per heavy atom. The lowest BCUT2D eigenvalue weighted by atomic mass is 9.87. The number of hydrogen-bond donors (Lipinski definition) is 1. The largest absolute Gasteiger partial charge is 0.494 e. The molecule has 4 aromatic rings. The van der Waals surface area contributed by atoms with Crippen LogP contribution < -0.4 is 10.1 Å². The van der Waals surface area contributed by atoms with E-state index in [4.69, 9.17) is 9.72 Å². The van der Waals surface area contributed by atoms with E-state index < -0.39 is 0 Å². The summed E-state index contributed by atoms with van der Waals surface area (Å²) >= 11 is 0. The van der Waals surface area contributed by atoms with Crippen LogP contribution in [0.1, 0.15) is 60.9 Å². The molecule has 4 rings (SSSR count). The number of fused-ring (bicyclic) bond motifs is 1. The van der Waals surface area contributed by atoms with Crippen molar-refractivity contribution in [3.05, 3.63) is 95.3 Å². The summed E-state index contributed by atoms with van der Waals surface area (Å²) in [5.41, 5.74) is 5.32. The van der Waals surface area contributed by atoms with Crippen LogP contribution in [0.3, 0.4) is 0 Å². The molecule has 0 aliphatic heterocycles. The number of carbonyl (C=O) groups is 1. The minimum absolute atomic E-state index is 0.0192. The highest BCUT2D eigenvalue weighted by Gasteiger charge is 2.14. The third-order valence-electron chi connectivity index (χ3n) is 6.50. The van der Waals surface area contributed by atoms with Crippen LogP contribution in [0.4, 0.5) is 0 Å². The van der Waals surface area contributed by atoms with Crippen molar-refractivity contribution in [3.8, 4) is 5.75 Å². The highest BCUT2D eigenvalue weighted by Crippen LogP contribution is 2.24. The smallest absolute Gasteiger partial charge is 0.251 e. The highest BCUT2D eigenvalue weighted by molar-refractivity contribution is 5.95. The summed E-state index contributed by atoms with van der Waals surface area (Å²) in [4.78, 5) is 17.4. The van der Waals surface area contributed by atoms with Gasteiger partial charge in [0.2, 0.25) is 0 Å². The second-order valence-electron chi connectivity index (χ2n) is 10.3. The van der Waals surface area contributed by atoms with Gasteiger partial charge in [0.15, 0.2) is 0 Å². The summed E-state index contributed by atoms with van der Waals surface area (Å²) in [5, 5.41) is 3.05. The second kappa shape index (κ2) is 11.4. The van der Waals surface area contributed by atoms with Crippen molar-refractivity contribution in [1.82, 2.24) is 14.9 Å². The number of benzene rings is 3. The average Bonchev–Trinajstić information content (AvgIpc) is 3.21. The van der Waals surface area contributed by atoms with Gasteiger partial charge in [0.05, 0.1) is 17.6 Å². The SMILES string of the molecule is Cc1ccccc1C(=O)NCCCc1nc2ccccc2n1CCCOc1ccc(C(C)(C)C)cc1. The van der Waals surface area contributed by atoms with E-state index in [1.807, 2.05) is 37.3 Å². The van der Waals surface area contributed by atoms with Crippen molar-refractivity contribution in [2.75, 3.05) is 13.2 Å². The van der Waals surface area contributed by atoms with Crippen molar-refractivity contribution < 1.29 is 9.53 Å². The zero-order valence-electron chi connectivity index (χ0n) is 21.9. The van der Waals surface area contributed by atoms with Gasteiger partial charge in [-0.3, -0.25) is 4.79 Å². The molecule has 1 N–H and O–H groups in total. The van der Waals surface area contributed by atoms with Crippen LogP contribution in [0.5, 0.6) is 5.75 Å². The number of amides is 1. The molecule has 0 radical (unpaired) electrons. The fourth-order valence-corrected chi connectivity index (χ4v) is 4.40. The van der Waals surface area contributed by atoms with E-state index in [1.165, 1.54) is 5.56 Å². The van der Waals surface area contributed by atoms with Crippen molar-refractivity contribution >= 4 is 16.9 Å². The summed E-state index contributed by atoms with van der Waals surface area (Å²) < 4.78 is 8.32. The van der Waals surface area contributed by atoms with E-state index in [9.17, 15) is 4.79 Å². The molecule has 5 heteroatoms. The maximum Gasteiger partial charge on any atom is 0.251 e. The lowest BCUT2D eigenvalue weighted by molar-refractivity contribution is 0.0952. The van der Waals surface area contributed by atoms with Gasteiger partial charge >= 0.3 is 0 Å². The molecule has 0 fully saturated rings. The van der Waals surface area contributed by atoms with E-state index in [0.29, 0.717) is 13.2 Å². The fourth-order valence-electron chi connectivity index (χ4n) is 4.40. The van der Waals surface area contributed by atoms with Crippen LogP contribution in [-0.4, -0.2) is 28.6 Å². The van der Waals surface area contributed by atoms with Gasteiger partial charge in [0.25, 0.3) is 5.91 Å². The molecule has 188 valence electrons. The van der Waals surface area contributed by atoms with Crippen molar-refractivity contribution in [2.45, 2.75) is 58.9 Å². The molecule has 1 amide bonds.